The molecule has 1 rings (SSSR count). The lowest BCUT2D eigenvalue weighted by molar-refractivity contribution is -0.121. The van der Waals surface area contributed by atoms with E-state index in [4.69, 9.17) is 24.4 Å². The number of sulfonamides is 1. The van der Waals surface area contributed by atoms with Gasteiger partial charge in [-0.25, -0.2) is 8.42 Å². The minimum Gasteiger partial charge on any atom is -0.362 e. The van der Waals surface area contributed by atoms with Gasteiger partial charge in [0, 0.05) is 33.1 Å². The van der Waals surface area contributed by atoms with Gasteiger partial charge < -0.3 is 5.32 Å². The van der Waals surface area contributed by atoms with Gasteiger partial charge in [-0.1, -0.05) is 12.2 Å². The molecule has 0 atom stereocenters. The van der Waals surface area contributed by atoms with Crippen molar-refractivity contribution >= 4 is 50.5 Å². The predicted octanol–water partition coefficient (Wildman–Crippen LogP) is 0.0797. The molecule has 0 aromatic carbocycles. The van der Waals surface area contributed by atoms with Gasteiger partial charge >= 0.3 is 0 Å². The third kappa shape index (κ3) is 5.80. The number of nitrogens with zero attached hydrogens (tertiary/aromatic N) is 3. The summed E-state index contributed by atoms with van der Waals surface area (Å²) in [7, 11) is -0.700. The van der Waals surface area contributed by atoms with Crippen molar-refractivity contribution < 1.29 is 13.2 Å². The lowest BCUT2D eigenvalue weighted by atomic mass is 10.4. The monoisotopic (exact) mass is 395 g/mol. The molecular weight excluding hydrogens is 370 g/mol. The molecule has 1 fully saturated rings. The van der Waals surface area contributed by atoms with E-state index in [1.54, 1.807) is 14.0 Å². The first-order chi connectivity index (χ1) is 11.1. The van der Waals surface area contributed by atoms with E-state index in [-0.39, 0.29) is 11.7 Å². The first-order valence-electron chi connectivity index (χ1n) is 7.72. The van der Waals surface area contributed by atoms with E-state index >= 15 is 0 Å². The van der Waals surface area contributed by atoms with Crippen molar-refractivity contribution in [2.24, 2.45) is 5.92 Å². The number of carbonyl (C=O) groups is 1. The zero-order chi connectivity index (χ0) is 18.5. The first kappa shape index (κ1) is 21.0. The molecular formula is C13H25N5O3S3. The van der Waals surface area contributed by atoms with Crippen LogP contribution in [0.3, 0.4) is 0 Å². The number of hydrazine groups is 2. The molecule has 11 heteroatoms. The summed E-state index contributed by atoms with van der Waals surface area (Å²) in [6, 6.07) is 0. The van der Waals surface area contributed by atoms with Gasteiger partial charge in [-0.3, -0.25) is 20.2 Å². The van der Waals surface area contributed by atoms with E-state index in [2.05, 4.69) is 10.7 Å². The summed E-state index contributed by atoms with van der Waals surface area (Å²) in [4.78, 5) is 12.7. The van der Waals surface area contributed by atoms with Crippen LogP contribution in [0.2, 0.25) is 0 Å². The van der Waals surface area contributed by atoms with Crippen LogP contribution in [0, 0.1) is 5.92 Å². The maximum Gasteiger partial charge on any atom is 0.255 e. The largest absolute Gasteiger partial charge is 0.362 e. The lowest BCUT2D eigenvalue weighted by Crippen LogP contribution is -2.53. The van der Waals surface area contributed by atoms with Crippen molar-refractivity contribution in [2.75, 3.05) is 32.9 Å². The Kier molecular flexibility index (Phi) is 7.77. The number of nitrogens with one attached hydrogen (secondary N) is 2. The van der Waals surface area contributed by atoms with Crippen LogP contribution in [0.1, 0.15) is 26.7 Å². The molecule has 24 heavy (non-hydrogen) atoms. The van der Waals surface area contributed by atoms with E-state index in [0.29, 0.717) is 17.5 Å². The molecule has 0 saturated heterocycles. The first-order valence-corrected chi connectivity index (χ1v) is 10.2. The minimum absolute atomic E-state index is 0.161. The second kappa shape index (κ2) is 8.88. The average molecular weight is 396 g/mol. The summed E-state index contributed by atoms with van der Waals surface area (Å²) in [6.45, 7) is 4.27. The van der Waals surface area contributed by atoms with E-state index in [1.165, 1.54) is 17.1 Å². The summed E-state index contributed by atoms with van der Waals surface area (Å²) < 4.78 is 26.1. The quantitative estimate of drug-likeness (QED) is 0.463. The van der Waals surface area contributed by atoms with Crippen LogP contribution in [0.25, 0.3) is 0 Å². The Balaban J connectivity index is 2.69. The lowest BCUT2D eigenvalue weighted by Gasteiger charge is -2.32. The van der Waals surface area contributed by atoms with Crippen molar-refractivity contribution in [1.82, 2.24) is 25.2 Å². The number of carbonyl (C=O) groups excluding carboxylic acids is 1. The Morgan fingerprint density at radius 1 is 1.21 bits per heavy atom. The van der Waals surface area contributed by atoms with Crippen molar-refractivity contribution in [3.05, 3.63) is 0 Å². The zero-order valence-corrected chi connectivity index (χ0v) is 16.9. The fraction of sp³-hybridized carbons (Fsp3) is 0.769. The summed E-state index contributed by atoms with van der Waals surface area (Å²) >= 11 is 10.3. The number of rotatable bonds is 7. The minimum atomic E-state index is -3.86. The van der Waals surface area contributed by atoms with Gasteiger partial charge in [0.05, 0.1) is 4.99 Å². The van der Waals surface area contributed by atoms with Crippen LogP contribution in [0.5, 0.6) is 0 Å². The fourth-order valence-corrected chi connectivity index (χ4v) is 4.05. The van der Waals surface area contributed by atoms with Crippen LogP contribution in [-0.4, -0.2) is 71.8 Å². The zero-order valence-electron chi connectivity index (χ0n) is 14.4. The van der Waals surface area contributed by atoms with E-state index in [1.807, 2.05) is 6.92 Å². The molecule has 0 aliphatic heterocycles. The summed E-state index contributed by atoms with van der Waals surface area (Å²) in [5.41, 5.74) is 2.51. The number of hydrogen-bond donors (Lipinski definition) is 2. The highest BCUT2D eigenvalue weighted by Crippen LogP contribution is 2.31. The Morgan fingerprint density at radius 2 is 1.79 bits per heavy atom. The van der Waals surface area contributed by atoms with E-state index < -0.39 is 21.7 Å². The maximum absolute atomic E-state index is 12.5. The highest BCUT2D eigenvalue weighted by atomic mass is 32.2. The Hall–Kier alpha value is -1.04. The van der Waals surface area contributed by atoms with Crippen molar-refractivity contribution in [3.8, 4) is 0 Å². The normalized spacial score (nSPS) is 14.2. The second-order valence-corrected chi connectivity index (χ2v) is 8.14. The molecule has 1 aliphatic carbocycles. The SMILES string of the molecule is CCNC(=S)N(C)N(CC)S(=O)(=O)CC(=O)NN(C)C(=S)C1CC1. The van der Waals surface area contributed by atoms with E-state index in [0.717, 1.165) is 17.3 Å². The van der Waals surface area contributed by atoms with Gasteiger partial charge in [0.25, 0.3) is 5.91 Å². The van der Waals surface area contributed by atoms with Gasteiger partial charge in [-0.05, 0) is 38.9 Å². The fourth-order valence-electron chi connectivity index (χ4n) is 2.08. The molecule has 0 unspecified atom stereocenters. The second-order valence-electron chi connectivity index (χ2n) is 5.46. The van der Waals surface area contributed by atoms with Gasteiger partial charge in [-0.15, -0.1) is 4.41 Å². The number of hydrogen-bond acceptors (Lipinski definition) is 5. The van der Waals surface area contributed by atoms with Gasteiger partial charge in [0.1, 0.15) is 5.75 Å². The topological polar surface area (TPSA) is 85.0 Å². The molecule has 0 bridgehead atoms. The average Bonchev–Trinajstić information content (AvgIpc) is 3.30. The molecule has 0 heterocycles. The Labute approximate surface area is 154 Å². The molecule has 0 aromatic rings. The molecule has 0 aromatic heterocycles. The van der Waals surface area contributed by atoms with Crippen LogP contribution in [0.15, 0.2) is 0 Å². The molecule has 0 spiro atoms. The van der Waals surface area contributed by atoms with Gasteiger partial charge in [-0.2, -0.15) is 0 Å². The van der Waals surface area contributed by atoms with Gasteiger partial charge in [0.2, 0.25) is 10.0 Å². The maximum atomic E-state index is 12.5. The predicted molar refractivity (Wildman–Crippen MR) is 101 cm³/mol. The molecule has 1 saturated carbocycles. The highest BCUT2D eigenvalue weighted by molar-refractivity contribution is 7.89. The molecule has 138 valence electrons. The smallest absolute Gasteiger partial charge is 0.255 e. The molecule has 1 amide bonds. The third-order valence-electron chi connectivity index (χ3n) is 3.41. The summed E-state index contributed by atoms with van der Waals surface area (Å²) in [5, 5.41) is 5.90. The van der Waals surface area contributed by atoms with Crippen LogP contribution < -0.4 is 10.7 Å². The van der Waals surface area contributed by atoms with Crippen molar-refractivity contribution in [1.29, 1.82) is 0 Å². The molecule has 8 nitrogen and oxygen atoms in total. The van der Waals surface area contributed by atoms with Crippen LogP contribution >= 0.6 is 24.4 Å². The van der Waals surface area contributed by atoms with Crippen molar-refractivity contribution in [2.45, 2.75) is 26.7 Å². The summed E-state index contributed by atoms with van der Waals surface area (Å²) in [5.74, 6) is -1.02. The van der Waals surface area contributed by atoms with Gasteiger partial charge in [0.15, 0.2) is 5.11 Å². The molecule has 2 N–H and O–H groups in total. The molecule has 1 aliphatic rings. The van der Waals surface area contributed by atoms with Crippen LogP contribution in [-0.2, 0) is 14.8 Å². The van der Waals surface area contributed by atoms with Crippen LogP contribution in [0.4, 0.5) is 0 Å². The molecule has 0 radical (unpaired) electrons. The standard InChI is InChI=1S/C13H25N5O3S3/c1-5-14-13(23)17(4)18(6-2)24(20,21)9-11(19)15-16(3)12(22)10-7-8-10/h10H,5-9H2,1-4H3,(H,14,23)(H,15,19). The summed E-state index contributed by atoms with van der Waals surface area (Å²) in [6.07, 6.45) is 2.02. The Bertz CT molecular complexity index is 592. The highest BCUT2D eigenvalue weighted by Gasteiger charge is 2.31. The number of thiocarbonyl (C=S) groups is 2. The Morgan fingerprint density at radius 3 is 2.25 bits per heavy atom. The van der Waals surface area contributed by atoms with Crippen molar-refractivity contribution in [3.63, 3.8) is 0 Å². The number of amides is 1. The van der Waals surface area contributed by atoms with E-state index in [9.17, 15) is 13.2 Å². The third-order valence-corrected chi connectivity index (χ3v) is 6.20.